The Morgan fingerprint density at radius 2 is 2.35 bits per heavy atom. The van der Waals surface area contributed by atoms with Crippen LogP contribution in [0.1, 0.15) is 25.3 Å². The van der Waals surface area contributed by atoms with Gasteiger partial charge in [0.25, 0.3) is 0 Å². The summed E-state index contributed by atoms with van der Waals surface area (Å²) in [5, 5.41) is 8.99. The zero-order chi connectivity index (χ0) is 12.1. The standard InChI is InChI=1S/C13H19N3O/c1-2-7-15-13(17)16-11-5-6-12-10(9-11)4-3-8-14-12/h5-6,9,14H,2-4,7-8H2,1H3,(H2,15,16,17). The van der Waals surface area contributed by atoms with Crippen LogP contribution >= 0.6 is 0 Å². The lowest BCUT2D eigenvalue weighted by atomic mass is 10.0. The van der Waals surface area contributed by atoms with Gasteiger partial charge in [-0.2, -0.15) is 0 Å². The molecule has 0 unspecified atom stereocenters. The topological polar surface area (TPSA) is 53.2 Å². The normalized spacial score (nSPS) is 13.5. The van der Waals surface area contributed by atoms with E-state index in [-0.39, 0.29) is 6.03 Å². The molecule has 0 spiro atoms. The maximum atomic E-state index is 11.5. The Labute approximate surface area is 102 Å². The number of hydrogen-bond donors (Lipinski definition) is 3. The molecule has 0 aliphatic carbocycles. The number of aryl methyl sites for hydroxylation is 1. The fourth-order valence-electron chi connectivity index (χ4n) is 1.97. The molecule has 0 saturated carbocycles. The number of carbonyl (C=O) groups is 1. The molecule has 4 nitrogen and oxygen atoms in total. The predicted octanol–water partition coefficient (Wildman–Crippen LogP) is 2.58. The first-order chi connectivity index (χ1) is 8.29. The van der Waals surface area contributed by atoms with Crippen molar-refractivity contribution in [2.45, 2.75) is 26.2 Å². The van der Waals surface area contributed by atoms with Gasteiger partial charge in [0, 0.05) is 24.5 Å². The van der Waals surface area contributed by atoms with Crippen LogP contribution in [0.4, 0.5) is 16.2 Å². The minimum absolute atomic E-state index is 0.129. The summed E-state index contributed by atoms with van der Waals surface area (Å²) in [4.78, 5) is 11.5. The van der Waals surface area contributed by atoms with E-state index in [9.17, 15) is 4.79 Å². The summed E-state index contributed by atoms with van der Waals surface area (Å²) in [7, 11) is 0. The number of rotatable bonds is 3. The molecule has 2 rings (SSSR count). The van der Waals surface area contributed by atoms with Gasteiger partial charge in [-0.25, -0.2) is 4.79 Å². The molecule has 92 valence electrons. The molecule has 0 radical (unpaired) electrons. The zero-order valence-electron chi connectivity index (χ0n) is 10.2. The molecule has 2 amide bonds. The first-order valence-electron chi connectivity index (χ1n) is 6.21. The lowest BCUT2D eigenvalue weighted by Gasteiger charge is -2.18. The molecule has 1 aromatic carbocycles. The van der Waals surface area contributed by atoms with Crippen molar-refractivity contribution in [3.63, 3.8) is 0 Å². The minimum Gasteiger partial charge on any atom is -0.385 e. The summed E-state index contributed by atoms with van der Waals surface area (Å²) in [5.41, 5.74) is 3.33. The summed E-state index contributed by atoms with van der Waals surface area (Å²) >= 11 is 0. The predicted molar refractivity (Wildman–Crippen MR) is 70.6 cm³/mol. The Balaban J connectivity index is 1.99. The lowest BCUT2D eigenvalue weighted by Crippen LogP contribution is -2.29. The molecular weight excluding hydrogens is 214 g/mol. The summed E-state index contributed by atoms with van der Waals surface area (Å²) in [6.45, 7) is 3.78. The third-order valence-electron chi connectivity index (χ3n) is 2.84. The minimum atomic E-state index is -0.129. The van der Waals surface area contributed by atoms with Gasteiger partial charge in [0.05, 0.1) is 0 Å². The van der Waals surface area contributed by atoms with E-state index < -0.39 is 0 Å². The van der Waals surface area contributed by atoms with E-state index in [4.69, 9.17) is 0 Å². The maximum absolute atomic E-state index is 11.5. The summed E-state index contributed by atoms with van der Waals surface area (Å²) in [6, 6.07) is 5.88. The van der Waals surface area contributed by atoms with Crippen LogP contribution < -0.4 is 16.0 Å². The van der Waals surface area contributed by atoms with Crippen LogP contribution in [0.15, 0.2) is 18.2 Å². The second kappa shape index (κ2) is 5.57. The van der Waals surface area contributed by atoms with E-state index >= 15 is 0 Å². The number of anilines is 2. The average Bonchev–Trinajstić information content (AvgIpc) is 2.36. The Kier molecular flexibility index (Phi) is 3.85. The second-order valence-electron chi connectivity index (χ2n) is 4.28. The molecule has 0 saturated heterocycles. The molecule has 4 heteroatoms. The van der Waals surface area contributed by atoms with Crippen molar-refractivity contribution in [2.24, 2.45) is 0 Å². The molecule has 0 fully saturated rings. The highest BCUT2D eigenvalue weighted by Gasteiger charge is 2.09. The van der Waals surface area contributed by atoms with E-state index in [1.54, 1.807) is 0 Å². The SMILES string of the molecule is CCCNC(=O)Nc1ccc2c(c1)CCCN2. The van der Waals surface area contributed by atoms with Gasteiger partial charge in [-0.3, -0.25) is 0 Å². The van der Waals surface area contributed by atoms with Crippen molar-refractivity contribution >= 4 is 17.4 Å². The van der Waals surface area contributed by atoms with Gasteiger partial charge in [-0.15, -0.1) is 0 Å². The van der Waals surface area contributed by atoms with Crippen molar-refractivity contribution in [1.82, 2.24) is 5.32 Å². The fraction of sp³-hybridized carbons (Fsp3) is 0.462. The molecule has 1 aromatic rings. The molecule has 17 heavy (non-hydrogen) atoms. The van der Waals surface area contributed by atoms with Gasteiger partial charge in [-0.1, -0.05) is 6.92 Å². The number of urea groups is 1. The molecule has 3 N–H and O–H groups in total. The third kappa shape index (κ3) is 3.12. The van der Waals surface area contributed by atoms with Crippen LogP contribution in [0.2, 0.25) is 0 Å². The fourth-order valence-corrected chi connectivity index (χ4v) is 1.97. The Bertz CT molecular complexity index is 404. The molecule has 1 aliphatic heterocycles. The average molecular weight is 233 g/mol. The Hall–Kier alpha value is -1.71. The van der Waals surface area contributed by atoms with Crippen molar-refractivity contribution in [3.8, 4) is 0 Å². The highest BCUT2D eigenvalue weighted by molar-refractivity contribution is 5.89. The number of benzene rings is 1. The van der Waals surface area contributed by atoms with Crippen molar-refractivity contribution in [3.05, 3.63) is 23.8 Å². The number of hydrogen-bond acceptors (Lipinski definition) is 2. The molecule has 0 atom stereocenters. The molecule has 1 aliphatic rings. The van der Waals surface area contributed by atoms with E-state index in [1.807, 2.05) is 25.1 Å². The van der Waals surface area contributed by atoms with Crippen LogP contribution in [-0.2, 0) is 6.42 Å². The van der Waals surface area contributed by atoms with E-state index in [2.05, 4.69) is 16.0 Å². The first-order valence-corrected chi connectivity index (χ1v) is 6.21. The van der Waals surface area contributed by atoms with Crippen LogP contribution in [0.25, 0.3) is 0 Å². The largest absolute Gasteiger partial charge is 0.385 e. The number of fused-ring (bicyclic) bond motifs is 1. The lowest BCUT2D eigenvalue weighted by molar-refractivity contribution is 0.252. The monoisotopic (exact) mass is 233 g/mol. The van der Waals surface area contributed by atoms with Crippen LogP contribution in [0.3, 0.4) is 0 Å². The second-order valence-corrected chi connectivity index (χ2v) is 4.28. The molecule has 0 bridgehead atoms. The maximum Gasteiger partial charge on any atom is 0.319 e. The van der Waals surface area contributed by atoms with E-state index in [0.29, 0.717) is 6.54 Å². The van der Waals surface area contributed by atoms with Gasteiger partial charge in [0.1, 0.15) is 0 Å². The van der Waals surface area contributed by atoms with Crippen LogP contribution in [-0.4, -0.2) is 19.1 Å². The highest BCUT2D eigenvalue weighted by atomic mass is 16.2. The Morgan fingerprint density at radius 1 is 1.47 bits per heavy atom. The quantitative estimate of drug-likeness (QED) is 0.751. The van der Waals surface area contributed by atoms with Crippen molar-refractivity contribution in [2.75, 3.05) is 23.7 Å². The smallest absolute Gasteiger partial charge is 0.319 e. The van der Waals surface area contributed by atoms with Gasteiger partial charge in [0.15, 0.2) is 0 Å². The van der Waals surface area contributed by atoms with Gasteiger partial charge < -0.3 is 16.0 Å². The van der Waals surface area contributed by atoms with Crippen molar-refractivity contribution < 1.29 is 4.79 Å². The highest BCUT2D eigenvalue weighted by Crippen LogP contribution is 2.24. The van der Waals surface area contributed by atoms with Crippen LogP contribution in [0, 0.1) is 0 Å². The Morgan fingerprint density at radius 3 is 3.18 bits per heavy atom. The van der Waals surface area contributed by atoms with Gasteiger partial charge in [0.2, 0.25) is 0 Å². The van der Waals surface area contributed by atoms with E-state index in [0.717, 1.165) is 31.5 Å². The number of carbonyl (C=O) groups excluding carboxylic acids is 1. The number of nitrogens with one attached hydrogen (secondary N) is 3. The van der Waals surface area contributed by atoms with Gasteiger partial charge in [-0.05, 0) is 43.0 Å². The zero-order valence-corrected chi connectivity index (χ0v) is 10.2. The summed E-state index contributed by atoms with van der Waals surface area (Å²) < 4.78 is 0. The molecular formula is C13H19N3O. The molecule has 1 heterocycles. The van der Waals surface area contributed by atoms with Gasteiger partial charge >= 0.3 is 6.03 Å². The van der Waals surface area contributed by atoms with E-state index in [1.165, 1.54) is 11.3 Å². The summed E-state index contributed by atoms with van der Waals surface area (Å²) in [5.74, 6) is 0. The van der Waals surface area contributed by atoms with Crippen LogP contribution in [0.5, 0.6) is 0 Å². The first kappa shape index (κ1) is 11.8. The number of amides is 2. The third-order valence-corrected chi connectivity index (χ3v) is 2.84. The van der Waals surface area contributed by atoms with Crippen molar-refractivity contribution in [1.29, 1.82) is 0 Å². The molecule has 0 aromatic heterocycles. The summed E-state index contributed by atoms with van der Waals surface area (Å²) in [6.07, 6.45) is 3.18.